The van der Waals surface area contributed by atoms with E-state index in [4.69, 9.17) is 11.6 Å². The van der Waals surface area contributed by atoms with Gasteiger partial charge in [0.25, 0.3) is 11.8 Å². The molecule has 2 aromatic rings. The molecule has 0 saturated heterocycles. The summed E-state index contributed by atoms with van der Waals surface area (Å²) in [5.74, 6) is -0.145. The Hall–Kier alpha value is -2.11. The van der Waals surface area contributed by atoms with Crippen LogP contribution in [0.25, 0.3) is 0 Å². The van der Waals surface area contributed by atoms with E-state index in [1.165, 1.54) is 0 Å². The molecule has 1 aromatic heterocycles. The maximum atomic E-state index is 12.4. The number of amides is 2. The number of halogens is 2. The molecule has 26 heavy (non-hydrogen) atoms. The van der Waals surface area contributed by atoms with Gasteiger partial charge in [0.05, 0.1) is 0 Å². The second-order valence-electron chi connectivity index (χ2n) is 5.65. The number of nitrogens with one attached hydrogen (secondary N) is 1. The highest BCUT2D eigenvalue weighted by atomic mass is 35.5. The number of carbonyl (C=O) groups is 2. The first-order chi connectivity index (χ1) is 12.0. The molecule has 0 aliphatic carbocycles. The summed E-state index contributed by atoms with van der Waals surface area (Å²) in [5.41, 5.74) is 1.56. The van der Waals surface area contributed by atoms with Crippen molar-refractivity contribution < 1.29 is 26.6 Å². The number of hydrogen-bond donors (Lipinski definition) is 1. The number of aromatic nitrogens is 1. The second-order valence-corrected chi connectivity index (χ2v) is 6.08. The molecule has 140 valence electrons. The van der Waals surface area contributed by atoms with Crippen molar-refractivity contribution >= 4 is 23.4 Å². The Labute approximate surface area is 165 Å². The Morgan fingerprint density at radius 1 is 1.12 bits per heavy atom. The first-order valence-corrected chi connectivity index (χ1v) is 8.70. The van der Waals surface area contributed by atoms with Crippen LogP contribution in [0, 0.1) is 0 Å². The normalized spacial score (nSPS) is 9.96. The molecular weight excluding hydrogens is 373 g/mol. The third-order valence-electron chi connectivity index (χ3n) is 3.88. The van der Waals surface area contributed by atoms with Crippen molar-refractivity contribution in [2.75, 3.05) is 13.1 Å². The first-order valence-electron chi connectivity index (χ1n) is 8.33. The second kappa shape index (κ2) is 10.8. The maximum Gasteiger partial charge on any atom is 0.286 e. The highest BCUT2D eigenvalue weighted by molar-refractivity contribution is 6.30. The van der Waals surface area contributed by atoms with Crippen LogP contribution in [0.3, 0.4) is 0 Å². The van der Waals surface area contributed by atoms with Gasteiger partial charge >= 0.3 is 0 Å². The van der Waals surface area contributed by atoms with E-state index in [0.717, 1.165) is 5.56 Å². The number of hydrogen-bond acceptors (Lipinski definition) is 2. The predicted octanol–water partition coefficient (Wildman–Crippen LogP) is -0.570. The van der Waals surface area contributed by atoms with E-state index in [0.29, 0.717) is 30.2 Å². The van der Waals surface area contributed by atoms with E-state index in [1.54, 1.807) is 46.1 Å². The molecule has 0 aliphatic heterocycles. The number of nitrogens with zero attached hydrogens (tertiary/aromatic N) is 2. The van der Waals surface area contributed by atoms with Gasteiger partial charge in [0.1, 0.15) is 5.56 Å². The quantitative estimate of drug-likeness (QED) is 0.638. The summed E-state index contributed by atoms with van der Waals surface area (Å²) < 4.78 is 1.72. The monoisotopic (exact) mass is 395 g/mol. The van der Waals surface area contributed by atoms with Crippen molar-refractivity contribution in [1.29, 1.82) is 0 Å². The topological polar surface area (TPSA) is 53.3 Å². The van der Waals surface area contributed by atoms with Crippen molar-refractivity contribution in [3.05, 3.63) is 64.9 Å². The van der Waals surface area contributed by atoms with E-state index in [9.17, 15) is 9.59 Å². The summed E-state index contributed by atoms with van der Waals surface area (Å²) in [6.07, 6.45) is 3.49. The zero-order valence-electron chi connectivity index (χ0n) is 14.9. The maximum absolute atomic E-state index is 12.4. The Balaban J connectivity index is 0.00000338. The van der Waals surface area contributed by atoms with Gasteiger partial charge in [-0.2, -0.15) is 4.57 Å². The summed E-state index contributed by atoms with van der Waals surface area (Å²) in [6, 6.07) is 10.9. The highest BCUT2D eigenvalue weighted by Crippen LogP contribution is 2.09. The molecule has 2 amide bonds. The zero-order valence-corrected chi connectivity index (χ0v) is 16.4. The first kappa shape index (κ1) is 21.9. The molecule has 0 saturated carbocycles. The summed E-state index contributed by atoms with van der Waals surface area (Å²) in [7, 11) is 0. The lowest BCUT2D eigenvalue weighted by Gasteiger charge is -2.17. The van der Waals surface area contributed by atoms with E-state index < -0.39 is 0 Å². The summed E-state index contributed by atoms with van der Waals surface area (Å²) in [5, 5.41) is 3.53. The third kappa shape index (κ3) is 6.32. The van der Waals surface area contributed by atoms with Gasteiger partial charge in [-0.1, -0.05) is 23.7 Å². The lowest BCUT2D eigenvalue weighted by Crippen LogP contribution is -3.00. The Kier molecular flexibility index (Phi) is 9.10. The SMILES string of the molecule is CCN(CC)C(=O)c1ccc[n+](CC(=O)NCc2ccc(Cl)cc2)c1.[Cl-]. The van der Waals surface area contributed by atoms with Gasteiger partial charge < -0.3 is 22.6 Å². The number of rotatable bonds is 7. The lowest BCUT2D eigenvalue weighted by atomic mass is 10.2. The van der Waals surface area contributed by atoms with Crippen molar-refractivity contribution in [2.45, 2.75) is 26.9 Å². The molecule has 0 atom stereocenters. The molecular formula is C19H23Cl2N3O2. The molecule has 0 aliphatic rings. The summed E-state index contributed by atoms with van der Waals surface area (Å²) >= 11 is 5.84. The molecule has 7 heteroatoms. The van der Waals surface area contributed by atoms with Crippen LogP contribution in [0.4, 0.5) is 0 Å². The average molecular weight is 396 g/mol. The smallest absolute Gasteiger partial charge is 0.286 e. The van der Waals surface area contributed by atoms with Crippen LogP contribution in [0.15, 0.2) is 48.8 Å². The van der Waals surface area contributed by atoms with Crippen LogP contribution in [0.5, 0.6) is 0 Å². The number of carbonyl (C=O) groups excluding carboxylic acids is 2. The van der Waals surface area contributed by atoms with Gasteiger partial charge in [0.2, 0.25) is 6.54 Å². The van der Waals surface area contributed by atoms with Crippen LogP contribution in [-0.4, -0.2) is 29.8 Å². The summed E-state index contributed by atoms with van der Waals surface area (Å²) in [4.78, 5) is 26.3. The van der Waals surface area contributed by atoms with E-state index >= 15 is 0 Å². The standard InChI is InChI=1S/C19H22ClN3O2.ClH/c1-3-23(4-2)19(25)16-6-5-11-22(13-16)14-18(24)21-12-15-7-9-17(20)10-8-15;/h5-11,13H,3-4,12,14H2,1-2H3;1H. The minimum absolute atomic E-state index is 0. The Morgan fingerprint density at radius 3 is 2.38 bits per heavy atom. The molecule has 2 rings (SSSR count). The van der Waals surface area contributed by atoms with Crippen LogP contribution in [0.2, 0.25) is 5.02 Å². The number of pyridine rings is 1. The van der Waals surface area contributed by atoms with Crippen molar-refractivity contribution in [1.82, 2.24) is 10.2 Å². The largest absolute Gasteiger partial charge is 1.00 e. The Bertz CT molecular complexity index is 732. The van der Waals surface area contributed by atoms with E-state index in [1.807, 2.05) is 26.0 Å². The van der Waals surface area contributed by atoms with E-state index in [-0.39, 0.29) is 30.8 Å². The summed E-state index contributed by atoms with van der Waals surface area (Å²) in [6.45, 7) is 5.81. The van der Waals surface area contributed by atoms with Crippen molar-refractivity contribution in [3.63, 3.8) is 0 Å². The molecule has 1 N–H and O–H groups in total. The van der Waals surface area contributed by atoms with Crippen molar-refractivity contribution in [3.8, 4) is 0 Å². The minimum atomic E-state index is -0.118. The van der Waals surface area contributed by atoms with Crippen molar-refractivity contribution in [2.24, 2.45) is 0 Å². The van der Waals surface area contributed by atoms with Crippen LogP contribution in [-0.2, 0) is 17.9 Å². The molecule has 0 bridgehead atoms. The Morgan fingerprint density at radius 2 is 1.77 bits per heavy atom. The molecule has 0 radical (unpaired) electrons. The lowest BCUT2D eigenvalue weighted by molar-refractivity contribution is -0.684. The fourth-order valence-electron chi connectivity index (χ4n) is 2.46. The van der Waals surface area contributed by atoms with Gasteiger partial charge in [0, 0.05) is 30.7 Å². The fourth-order valence-corrected chi connectivity index (χ4v) is 2.59. The molecule has 1 aromatic carbocycles. The molecule has 1 heterocycles. The van der Waals surface area contributed by atoms with Gasteiger partial charge in [-0.05, 0) is 37.6 Å². The van der Waals surface area contributed by atoms with Crippen LogP contribution >= 0.6 is 11.6 Å². The zero-order chi connectivity index (χ0) is 18.2. The fraction of sp³-hybridized carbons (Fsp3) is 0.316. The van der Waals surface area contributed by atoms with Gasteiger partial charge in [-0.25, -0.2) is 0 Å². The highest BCUT2D eigenvalue weighted by Gasteiger charge is 2.17. The molecule has 0 unspecified atom stereocenters. The van der Waals surface area contributed by atoms with Gasteiger partial charge in [-0.15, -0.1) is 0 Å². The molecule has 0 spiro atoms. The number of benzene rings is 1. The average Bonchev–Trinajstić information content (AvgIpc) is 2.62. The van der Waals surface area contributed by atoms with Crippen LogP contribution in [0.1, 0.15) is 29.8 Å². The predicted molar refractivity (Wildman–Crippen MR) is 97.2 cm³/mol. The van der Waals surface area contributed by atoms with E-state index in [2.05, 4.69) is 5.32 Å². The van der Waals surface area contributed by atoms with Gasteiger partial charge in [-0.3, -0.25) is 9.59 Å². The third-order valence-corrected chi connectivity index (χ3v) is 4.14. The molecule has 0 fully saturated rings. The van der Waals surface area contributed by atoms with Gasteiger partial charge in [0.15, 0.2) is 12.4 Å². The molecule has 5 nitrogen and oxygen atoms in total. The minimum Gasteiger partial charge on any atom is -1.00 e. The van der Waals surface area contributed by atoms with Crippen LogP contribution < -0.4 is 22.3 Å².